The molecule has 0 fully saturated rings. The standard InChI is InChI=1S/C52H34N2O/c1-2-20-41-35(14-1)15-12-25-42(41)36-16-11-17-38(32-36)53(39-18-13-19-40(34-39)54-49-27-8-4-22-44(49)45-23-5-9-28-50(45)54)48-26-7-3-21-43(48)37-30-31-52-47(33-37)46-24-6-10-29-51(46)55-52/h1-34H. The maximum absolute atomic E-state index is 6.24. The second-order valence-electron chi connectivity index (χ2n) is 14.1. The maximum Gasteiger partial charge on any atom is 0.135 e. The first kappa shape index (κ1) is 31.2. The van der Waals surface area contributed by atoms with Crippen LogP contribution >= 0.6 is 0 Å². The van der Waals surface area contributed by atoms with Gasteiger partial charge in [-0.05, 0) is 94.2 Å². The van der Waals surface area contributed by atoms with E-state index in [0.717, 1.165) is 55.8 Å². The minimum absolute atomic E-state index is 0.890. The lowest BCUT2D eigenvalue weighted by Gasteiger charge is -2.29. The average Bonchev–Trinajstić information content (AvgIpc) is 3.80. The smallest absolute Gasteiger partial charge is 0.135 e. The summed E-state index contributed by atoms with van der Waals surface area (Å²) in [4.78, 5) is 2.42. The molecule has 11 rings (SSSR count). The Bertz CT molecular complexity index is 3180. The average molecular weight is 703 g/mol. The van der Waals surface area contributed by atoms with Gasteiger partial charge in [-0.25, -0.2) is 0 Å². The van der Waals surface area contributed by atoms with Gasteiger partial charge in [0.05, 0.1) is 16.7 Å². The zero-order valence-corrected chi connectivity index (χ0v) is 29.9. The zero-order chi connectivity index (χ0) is 36.3. The van der Waals surface area contributed by atoms with Gasteiger partial charge in [0.25, 0.3) is 0 Å². The Morgan fingerprint density at radius 3 is 1.78 bits per heavy atom. The molecule has 0 spiro atoms. The minimum Gasteiger partial charge on any atom is -0.456 e. The Kier molecular flexibility index (Phi) is 7.17. The summed E-state index contributed by atoms with van der Waals surface area (Å²) in [5, 5.41) is 7.19. The molecule has 3 nitrogen and oxygen atoms in total. The number of nitrogens with zero attached hydrogens (tertiary/aromatic N) is 2. The summed E-state index contributed by atoms with van der Waals surface area (Å²) in [6.45, 7) is 0. The zero-order valence-electron chi connectivity index (χ0n) is 29.9. The molecule has 0 aliphatic carbocycles. The van der Waals surface area contributed by atoms with Crippen LogP contribution in [0.4, 0.5) is 17.1 Å². The van der Waals surface area contributed by atoms with E-state index in [2.05, 4.69) is 204 Å². The molecule has 55 heavy (non-hydrogen) atoms. The third-order valence-electron chi connectivity index (χ3n) is 11.0. The summed E-state index contributed by atoms with van der Waals surface area (Å²) < 4.78 is 8.63. The van der Waals surface area contributed by atoms with Gasteiger partial charge in [0.1, 0.15) is 11.2 Å². The van der Waals surface area contributed by atoms with Crippen molar-refractivity contribution in [3.05, 3.63) is 206 Å². The van der Waals surface area contributed by atoms with Crippen molar-refractivity contribution in [2.75, 3.05) is 4.90 Å². The Morgan fingerprint density at radius 2 is 0.945 bits per heavy atom. The third-order valence-corrected chi connectivity index (χ3v) is 11.0. The second kappa shape index (κ2) is 12.6. The van der Waals surface area contributed by atoms with E-state index >= 15 is 0 Å². The van der Waals surface area contributed by atoms with Gasteiger partial charge in [0.15, 0.2) is 0 Å². The van der Waals surface area contributed by atoms with Gasteiger partial charge in [-0.3, -0.25) is 0 Å². The van der Waals surface area contributed by atoms with Crippen LogP contribution in [0.5, 0.6) is 0 Å². The largest absolute Gasteiger partial charge is 0.456 e. The summed E-state index contributed by atoms with van der Waals surface area (Å²) in [5.41, 5.74) is 13.1. The summed E-state index contributed by atoms with van der Waals surface area (Å²) in [6.07, 6.45) is 0. The molecule has 0 saturated carbocycles. The van der Waals surface area contributed by atoms with E-state index < -0.39 is 0 Å². The molecule has 0 aliphatic heterocycles. The lowest BCUT2D eigenvalue weighted by molar-refractivity contribution is 0.669. The summed E-state index contributed by atoms with van der Waals surface area (Å²) in [6, 6.07) is 74.1. The monoisotopic (exact) mass is 702 g/mol. The van der Waals surface area contributed by atoms with Crippen molar-refractivity contribution in [1.82, 2.24) is 4.57 Å². The highest BCUT2D eigenvalue weighted by Gasteiger charge is 2.20. The first-order valence-corrected chi connectivity index (χ1v) is 18.8. The number of para-hydroxylation sites is 4. The van der Waals surface area contributed by atoms with E-state index in [9.17, 15) is 0 Å². The Labute approximate surface area is 318 Å². The highest BCUT2D eigenvalue weighted by Crippen LogP contribution is 2.44. The van der Waals surface area contributed by atoms with Gasteiger partial charge in [-0.1, -0.05) is 140 Å². The normalized spacial score (nSPS) is 11.6. The lowest BCUT2D eigenvalue weighted by atomic mass is 9.97. The molecule has 11 aromatic rings. The van der Waals surface area contributed by atoms with Crippen molar-refractivity contribution in [2.24, 2.45) is 0 Å². The van der Waals surface area contributed by atoms with Crippen molar-refractivity contribution < 1.29 is 4.42 Å². The number of hydrogen-bond donors (Lipinski definition) is 0. The summed E-state index contributed by atoms with van der Waals surface area (Å²) in [5.74, 6) is 0. The van der Waals surface area contributed by atoms with Crippen LogP contribution in [0.25, 0.3) is 82.5 Å². The number of furan rings is 1. The van der Waals surface area contributed by atoms with Crippen LogP contribution in [-0.4, -0.2) is 4.57 Å². The van der Waals surface area contributed by atoms with Crippen molar-refractivity contribution in [1.29, 1.82) is 0 Å². The van der Waals surface area contributed by atoms with E-state index in [1.165, 1.54) is 43.7 Å². The molecule has 258 valence electrons. The quantitative estimate of drug-likeness (QED) is 0.172. The fourth-order valence-corrected chi connectivity index (χ4v) is 8.50. The van der Waals surface area contributed by atoms with Crippen LogP contribution in [0, 0.1) is 0 Å². The molecule has 0 radical (unpaired) electrons. The number of hydrogen-bond acceptors (Lipinski definition) is 2. The fourth-order valence-electron chi connectivity index (χ4n) is 8.50. The van der Waals surface area contributed by atoms with Gasteiger partial charge < -0.3 is 13.9 Å². The molecule has 2 heterocycles. The van der Waals surface area contributed by atoms with Crippen molar-refractivity contribution in [3.63, 3.8) is 0 Å². The molecule has 0 bridgehead atoms. The molecule has 9 aromatic carbocycles. The van der Waals surface area contributed by atoms with Crippen LogP contribution in [0.1, 0.15) is 0 Å². The first-order valence-electron chi connectivity index (χ1n) is 18.8. The van der Waals surface area contributed by atoms with E-state index in [1.54, 1.807) is 0 Å². The van der Waals surface area contributed by atoms with Crippen LogP contribution in [0.3, 0.4) is 0 Å². The first-order chi connectivity index (χ1) is 27.3. The number of anilines is 3. The minimum atomic E-state index is 0.890. The molecular formula is C52H34N2O. The number of benzene rings is 9. The highest BCUT2D eigenvalue weighted by atomic mass is 16.3. The van der Waals surface area contributed by atoms with E-state index in [-0.39, 0.29) is 0 Å². The van der Waals surface area contributed by atoms with Crippen LogP contribution < -0.4 is 4.90 Å². The number of aromatic nitrogens is 1. The van der Waals surface area contributed by atoms with E-state index in [1.807, 2.05) is 12.1 Å². The van der Waals surface area contributed by atoms with Crippen molar-refractivity contribution in [2.45, 2.75) is 0 Å². The third kappa shape index (κ3) is 5.13. The van der Waals surface area contributed by atoms with E-state index in [4.69, 9.17) is 4.42 Å². The molecule has 2 aromatic heterocycles. The topological polar surface area (TPSA) is 21.3 Å². The van der Waals surface area contributed by atoms with Crippen LogP contribution in [0.15, 0.2) is 211 Å². The van der Waals surface area contributed by atoms with Crippen molar-refractivity contribution >= 4 is 71.6 Å². The summed E-state index contributed by atoms with van der Waals surface area (Å²) >= 11 is 0. The molecule has 3 heteroatoms. The van der Waals surface area contributed by atoms with Crippen LogP contribution in [-0.2, 0) is 0 Å². The van der Waals surface area contributed by atoms with E-state index in [0.29, 0.717) is 0 Å². The van der Waals surface area contributed by atoms with Crippen molar-refractivity contribution in [3.8, 4) is 27.9 Å². The van der Waals surface area contributed by atoms with Gasteiger partial charge in [0.2, 0.25) is 0 Å². The second-order valence-corrected chi connectivity index (χ2v) is 14.1. The van der Waals surface area contributed by atoms with Crippen LogP contribution in [0.2, 0.25) is 0 Å². The molecular weight excluding hydrogens is 669 g/mol. The molecule has 0 N–H and O–H groups in total. The fraction of sp³-hybridized carbons (Fsp3) is 0. The van der Waals surface area contributed by atoms with Gasteiger partial charge in [0, 0.05) is 44.2 Å². The highest BCUT2D eigenvalue weighted by molar-refractivity contribution is 6.10. The van der Waals surface area contributed by atoms with Gasteiger partial charge in [-0.15, -0.1) is 0 Å². The maximum atomic E-state index is 6.24. The Hall–Kier alpha value is -7.36. The Morgan fingerprint density at radius 1 is 0.364 bits per heavy atom. The SMILES string of the molecule is c1cc(-c2cccc3ccccc23)cc(N(c2cccc(-n3c4ccccc4c4ccccc43)c2)c2ccccc2-c2ccc3oc4ccccc4c3c2)c1. The predicted molar refractivity (Wildman–Crippen MR) is 231 cm³/mol. The number of fused-ring (bicyclic) bond motifs is 7. The molecule has 0 saturated heterocycles. The molecule has 0 amide bonds. The number of rotatable bonds is 6. The van der Waals surface area contributed by atoms with Gasteiger partial charge in [-0.2, -0.15) is 0 Å². The molecule has 0 atom stereocenters. The predicted octanol–water partition coefficient (Wildman–Crippen LogP) is 14.6. The van der Waals surface area contributed by atoms with Gasteiger partial charge >= 0.3 is 0 Å². The Balaban J connectivity index is 1.14. The molecule has 0 unspecified atom stereocenters. The molecule has 0 aliphatic rings. The summed E-state index contributed by atoms with van der Waals surface area (Å²) in [7, 11) is 0. The lowest BCUT2D eigenvalue weighted by Crippen LogP contribution is -2.12.